The minimum Gasteiger partial charge on any atom is -0.347 e. The first-order valence-electron chi connectivity index (χ1n) is 9.53. The third-order valence-electron chi connectivity index (χ3n) is 5.07. The molecule has 26 heavy (non-hydrogen) atoms. The largest absolute Gasteiger partial charge is 0.347 e. The van der Waals surface area contributed by atoms with Crippen LogP contribution >= 0.6 is 0 Å². The second kappa shape index (κ2) is 6.81. The molecule has 2 aromatic rings. The summed E-state index contributed by atoms with van der Waals surface area (Å²) in [6.45, 7) is 6.01. The summed E-state index contributed by atoms with van der Waals surface area (Å²) >= 11 is 0. The third-order valence-corrected chi connectivity index (χ3v) is 5.07. The van der Waals surface area contributed by atoms with Crippen molar-refractivity contribution in [2.24, 2.45) is 0 Å². The van der Waals surface area contributed by atoms with Crippen LogP contribution in [0.5, 0.6) is 0 Å². The molecular weight excluding hydrogens is 330 g/mol. The van der Waals surface area contributed by atoms with Crippen LogP contribution in [0, 0.1) is 0 Å². The smallest absolute Gasteiger partial charge is 0.230 e. The van der Waals surface area contributed by atoms with E-state index in [1.807, 2.05) is 19.0 Å². The molecule has 0 bridgehead atoms. The van der Waals surface area contributed by atoms with Gasteiger partial charge in [-0.1, -0.05) is 19.0 Å². The monoisotopic (exact) mass is 357 g/mol. The maximum Gasteiger partial charge on any atom is 0.230 e. The van der Waals surface area contributed by atoms with Crippen molar-refractivity contribution in [2.75, 3.05) is 37.0 Å². The first-order valence-corrected chi connectivity index (χ1v) is 9.53. The molecule has 2 aliphatic rings. The highest BCUT2D eigenvalue weighted by atomic mass is 16.5. The Morgan fingerprint density at radius 3 is 2.31 bits per heavy atom. The van der Waals surface area contributed by atoms with E-state index in [4.69, 9.17) is 9.51 Å². The molecule has 8 heteroatoms. The van der Waals surface area contributed by atoms with Gasteiger partial charge in [-0.15, -0.1) is 0 Å². The van der Waals surface area contributed by atoms with Crippen LogP contribution < -0.4 is 9.80 Å². The van der Waals surface area contributed by atoms with Crippen molar-refractivity contribution >= 4 is 11.9 Å². The Morgan fingerprint density at radius 1 is 0.962 bits per heavy atom. The van der Waals surface area contributed by atoms with Gasteiger partial charge in [0, 0.05) is 44.9 Å². The summed E-state index contributed by atoms with van der Waals surface area (Å²) in [5.74, 6) is 5.19. The van der Waals surface area contributed by atoms with Crippen molar-refractivity contribution in [3.8, 4) is 0 Å². The molecule has 2 aromatic heterocycles. The molecule has 0 amide bonds. The Bertz CT molecular complexity index is 734. The lowest BCUT2D eigenvalue weighted by molar-refractivity contribution is 0.364. The minimum absolute atomic E-state index is 0.271. The van der Waals surface area contributed by atoms with Gasteiger partial charge in [-0.05, 0) is 25.7 Å². The number of aromatic nitrogens is 5. The number of rotatable bonds is 5. The van der Waals surface area contributed by atoms with Gasteiger partial charge in [0.25, 0.3) is 0 Å². The number of piperidine rings is 1. The fourth-order valence-electron chi connectivity index (χ4n) is 3.22. The Kier molecular flexibility index (Phi) is 4.50. The molecule has 1 aliphatic carbocycles. The average molecular weight is 357 g/mol. The van der Waals surface area contributed by atoms with Crippen molar-refractivity contribution in [2.45, 2.75) is 57.3 Å². The van der Waals surface area contributed by atoms with E-state index in [0.717, 1.165) is 49.4 Å². The summed E-state index contributed by atoms with van der Waals surface area (Å²) in [7, 11) is 3.92. The molecule has 1 aliphatic heterocycles. The molecule has 1 saturated heterocycles. The molecule has 2 fully saturated rings. The molecule has 8 nitrogen and oxygen atoms in total. The van der Waals surface area contributed by atoms with Crippen LogP contribution in [0.3, 0.4) is 0 Å². The van der Waals surface area contributed by atoms with E-state index in [9.17, 15) is 0 Å². The van der Waals surface area contributed by atoms with Gasteiger partial charge >= 0.3 is 0 Å². The fourth-order valence-corrected chi connectivity index (χ4v) is 3.22. The molecule has 0 spiro atoms. The van der Waals surface area contributed by atoms with Crippen molar-refractivity contribution < 1.29 is 4.52 Å². The van der Waals surface area contributed by atoms with Gasteiger partial charge in [0.2, 0.25) is 17.8 Å². The minimum atomic E-state index is 0.271. The Balaban J connectivity index is 1.46. The number of nitrogens with zero attached hydrogens (tertiary/aromatic N) is 7. The van der Waals surface area contributed by atoms with Crippen molar-refractivity contribution in [3.63, 3.8) is 0 Å². The molecule has 4 rings (SSSR count). The average Bonchev–Trinajstić information content (AvgIpc) is 3.38. The maximum atomic E-state index is 5.42. The van der Waals surface area contributed by atoms with Gasteiger partial charge in [-0.2, -0.15) is 19.9 Å². The highest BCUT2D eigenvalue weighted by Gasteiger charge is 2.32. The summed E-state index contributed by atoms with van der Waals surface area (Å²) in [5.41, 5.74) is 0. The highest BCUT2D eigenvalue weighted by molar-refractivity contribution is 5.39. The number of anilines is 2. The van der Waals surface area contributed by atoms with Gasteiger partial charge in [0.1, 0.15) is 5.82 Å². The highest BCUT2D eigenvalue weighted by Crippen LogP contribution is 2.40. The standard InChI is InChI=1S/C18H27N7O/c1-11(2)14-20-17(24(3)4)22-18(21-14)25-9-7-12(8-10-25)15-19-16(26-23-15)13-5-6-13/h11-13H,5-10H2,1-4H3. The molecule has 140 valence electrons. The molecule has 0 radical (unpaired) electrons. The first-order chi connectivity index (χ1) is 12.5. The lowest BCUT2D eigenvalue weighted by Crippen LogP contribution is -2.35. The summed E-state index contributed by atoms with van der Waals surface area (Å²) in [6, 6.07) is 0. The zero-order chi connectivity index (χ0) is 18.3. The molecule has 0 unspecified atom stereocenters. The Morgan fingerprint density at radius 2 is 1.69 bits per heavy atom. The van der Waals surface area contributed by atoms with Crippen LogP contribution in [-0.4, -0.2) is 52.3 Å². The maximum absolute atomic E-state index is 5.42. The molecule has 0 aromatic carbocycles. The summed E-state index contributed by atoms with van der Waals surface area (Å²) in [5, 5.41) is 4.22. The van der Waals surface area contributed by atoms with E-state index in [0.29, 0.717) is 17.8 Å². The third kappa shape index (κ3) is 3.50. The van der Waals surface area contributed by atoms with Crippen LogP contribution in [0.15, 0.2) is 4.52 Å². The van der Waals surface area contributed by atoms with Crippen molar-refractivity contribution in [1.82, 2.24) is 25.1 Å². The van der Waals surface area contributed by atoms with E-state index >= 15 is 0 Å². The second-order valence-corrected chi connectivity index (χ2v) is 7.87. The lowest BCUT2D eigenvalue weighted by atomic mass is 9.96. The zero-order valence-electron chi connectivity index (χ0n) is 16.0. The molecule has 1 saturated carbocycles. The first kappa shape index (κ1) is 17.2. The van der Waals surface area contributed by atoms with Gasteiger partial charge in [-0.3, -0.25) is 0 Å². The summed E-state index contributed by atoms with van der Waals surface area (Å²) in [4.78, 5) is 22.7. The Hall–Kier alpha value is -2.25. The fraction of sp³-hybridized carbons (Fsp3) is 0.722. The van der Waals surface area contributed by atoms with E-state index < -0.39 is 0 Å². The van der Waals surface area contributed by atoms with Crippen molar-refractivity contribution in [3.05, 3.63) is 17.5 Å². The second-order valence-electron chi connectivity index (χ2n) is 7.87. The number of hydrogen-bond donors (Lipinski definition) is 0. The molecular formula is C18H27N7O. The predicted octanol–water partition coefficient (Wildman–Crippen LogP) is 2.71. The molecule has 0 N–H and O–H groups in total. The molecule has 3 heterocycles. The SMILES string of the molecule is CC(C)c1nc(N(C)C)nc(N2CCC(c3noc(C4CC4)n3)CC2)n1. The Labute approximate surface area is 154 Å². The topological polar surface area (TPSA) is 84.1 Å². The van der Waals surface area contributed by atoms with Gasteiger partial charge in [0.05, 0.1) is 0 Å². The van der Waals surface area contributed by atoms with Crippen molar-refractivity contribution in [1.29, 1.82) is 0 Å². The predicted molar refractivity (Wildman–Crippen MR) is 98.7 cm³/mol. The summed E-state index contributed by atoms with van der Waals surface area (Å²) < 4.78 is 5.42. The van der Waals surface area contributed by atoms with E-state index in [1.165, 1.54) is 12.8 Å². The number of hydrogen-bond acceptors (Lipinski definition) is 8. The van der Waals surface area contributed by atoms with Crippen LogP contribution in [0.1, 0.15) is 74.8 Å². The van der Waals surface area contributed by atoms with Crippen LogP contribution in [0.2, 0.25) is 0 Å². The van der Waals surface area contributed by atoms with Crippen LogP contribution in [0.4, 0.5) is 11.9 Å². The van der Waals surface area contributed by atoms with Gasteiger partial charge in [-0.25, -0.2) is 0 Å². The van der Waals surface area contributed by atoms with E-state index in [1.54, 1.807) is 0 Å². The lowest BCUT2D eigenvalue weighted by Gasteiger charge is -2.31. The quantitative estimate of drug-likeness (QED) is 0.807. The van der Waals surface area contributed by atoms with E-state index in [-0.39, 0.29) is 5.92 Å². The normalized spacial score (nSPS) is 18.6. The van der Waals surface area contributed by atoms with Crippen LogP contribution in [0.25, 0.3) is 0 Å². The molecule has 0 atom stereocenters. The van der Waals surface area contributed by atoms with E-state index in [2.05, 4.69) is 38.9 Å². The zero-order valence-corrected chi connectivity index (χ0v) is 16.0. The summed E-state index contributed by atoms with van der Waals surface area (Å²) in [6.07, 6.45) is 4.35. The van der Waals surface area contributed by atoms with Gasteiger partial charge < -0.3 is 14.3 Å². The van der Waals surface area contributed by atoms with Gasteiger partial charge in [0.15, 0.2) is 5.82 Å². The van der Waals surface area contributed by atoms with Crippen LogP contribution in [-0.2, 0) is 0 Å².